The van der Waals surface area contributed by atoms with Crippen molar-refractivity contribution < 1.29 is 15.0 Å². The summed E-state index contributed by atoms with van der Waals surface area (Å²) in [6.07, 6.45) is 0. The molecule has 0 saturated heterocycles. The Morgan fingerprint density at radius 1 is 1.32 bits per heavy atom. The Balaban J connectivity index is 2.23. The fourth-order valence-corrected chi connectivity index (χ4v) is 2.50. The second-order valence-corrected chi connectivity index (χ2v) is 5.13. The lowest BCUT2D eigenvalue weighted by molar-refractivity contribution is 0.0750. The van der Waals surface area contributed by atoms with Gasteiger partial charge in [0.05, 0.1) is 12.1 Å². The minimum absolute atomic E-state index is 0.0340. The molecule has 0 aliphatic rings. The summed E-state index contributed by atoms with van der Waals surface area (Å²) in [4.78, 5) is 15.0. The minimum atomic E-state index is -0.288. The molecule has 100 valence electrons. The number of phenolic OH excluding ortho intramolecular Hbond substituents is 2. The molecule has 0 radical (unpaired) electrons. The van der Waals surface area contributed by atoms with E-state index in [4.69, 9.17) is 0 Å². The molecule has 2 N–H and O–H groups in total. The molecule has 2 rings (SSSR count). The van der Waals surface area contributed by atoms with E-state index in [0.29, 0.717) is 13.1 Å². The van der Waals surface area contributed by atoms with Crippen LogP contribution >= 0.6 is 11.3 Å². The molecule has 0 aliphatic carbocycles. The number of carbonyl (C=O) groups excluding carboxylic acids is 1. The van der Waals surface area contributed by atoms with Crippen LogP contribution in [0.5, 0.6) is 11.5 Å². The van der Waals surface area contributed by atoms with Crippen molar-refractivity contribution in [3.05, 3.63) is 46.2 Å². The van der Waals surface area contributed by atoms with Gasteiger partial charge < -0.3 is 15.1 Å². The van der Waals surface area contributed by atoms with Crippen LogP contribution in [0.4, 0.5) is 0 Å². The number of hydrogen-bond acceptors (Lipinski definition) is 4. The van der Waals surface area contributed by atoms with E-state index in [2.05, 4.69) is 0 Å². The number of aromatic hydroxyl groups is 2. The number of amides is 1. The molecule has 0 atom stereocenters. The topological polar surface area (TPSA) is 60.8 Å². The molecule has 5 heteroatoms. The average molecular weight is 277 g/mol. The lowest BCUT2D eigenvalue weighted by atomic mass is 10.1. The van der Waals surface area contributed by atoms with E-state index < -0.39 is 0 Å². The second-order valence-electron chi connectivity index (χ2n) is 4.10. The monoisotopic (exact) mass is 277 g/mol. The van der Waals surface area contributed by atoms with Crippen molar-refractivity contribution in [2.24, 2.45) is 0 Å². The Hall–Kier alpha value is -2.01. The molecule has 1 heterocycles. The van der Waals surface area contributed by atoms with Gasteiger partial charge in [0.25, 0.3) is 5.91 Å². The summed E-state index contributed by atoms with van der Waals surface area (Å²) < 4.78 is 0. The highest BCUT2D eigenvalue weighted by Crippen LogP contribution is 2.24. The number of rotatable bonds is 4. The molecule has 4 nitrogen and oxygen atoms in total. The maximum Gasteiger partial charge on any atom is 0.258 e. The summed E-state index contributed by atoms with van der Waals surface area (Å²) in [6, 6.07) is 7.85. The first kappa shape index (κ1) is 13.4. The standard InChI is InChI=1S/C14H15NO3S/c1-2-15(9-11-4-3-7-19-11)14(18)12-8-10(16)5-6-13(12)17/h3-8,16-17H,2,9H2,1H3. The number of carbonyl (C=O) groups is 1. The molecular weight excluding hydrogens is 262 g/mol. The van der Waals surface area contributed by atoms with Crippen LogP contribution in [0, 0.1) is 0 Å². The summed E-state index contributed by atoms with van der Waals surface area (Å²) in [6.45, 7) is 2.92. The molecule has 1 amide bonds. The van der Waals surface area contributed by atoms with Gasteiger partial charge in [-0.15, -0.1) is 11.3 Å². The maximum atomic E-state index is 12.3. The smallest absolute Gasteiger partial charge is 0.258 e. The van der Waals surface area contributed by atoms with E-state index in [-0.39, 0.29) is 23.0 Å². The number of phenols is 2. The maximum absolute atomic E-state index is 12.3. The number of hydrogen-bond donors (Lipinski definition) is 2. The van der Waals surface area contributed by atoms with E-state index >= 15 is 0 Å². The van der Waals surface area contributed by atoms with Gasteiger partial charge in [-0.25, -0.2) is 0 Å². The second kappa shape index (κ2) is 5.75. The van der Waals surface area contributed by atoms with Crippen molar-refractivity contribution in [3.63, 3.8) is 0 Å². The van der Waals surface area contributed by atoms with Crippen LogP contribution in [0.1, 0.15) is 22.2 Å². The molecular formula is C14H15NO3S. The fourth-order valence-electron chi connectivity index (χ4n) is 1.78. The van der Waals surface area contributed by atoms with Gasteiger partial charge in [-0.2, -0.15) is 0 Å². The van der Waals surface area contributed by atoms with E-state index in [1.807, 2.05) is 24.4 Å². The van der Waals surface area contributed by atoms with Gasteiger partial charge in [0.15, 0.2) is 0 Å². The SMILES string of the molecule is CCN(Cc1cccs1)C(=O)c1cc(O)ccc1O. The zero-order valence-electron chi connectivity index (χ0n) is 10.5. The first-order valence-corrected chi connectivity index (χ1v) is 6.83. The van der Waals surface area contributed by atoms with Crippen molar-refractivity contribution >= 4 is 17.2 Å². The van der Waals surface area contributed by atoms with Crippen LogP contribution in [0.25, 0.3) is 0 Å². The molecule has 0 bridgehead atoms. The Morgan fingerprint density at radius 3 is 2.74 bits per heavy atom. The molecule has 0 saturated carbocycles. The first-order valence-electron chi connectivity index (χ1n) is 5.95. The van der Waals surface area contributed by atoms with Crippen LogP contribution in [0.2, 0.25) is 0 Å². The fraction of sp³-hybridized carbons (Fsp3) is 0.214. The molecule has 0 aliphatic heterocycles. The van der Waals surface area contributed by atoms with Gasteiger partial charge in [0.1, 0.15) is 11.5 Å². The van der Waals surface area contributed by atoms with Crippen LogP contribution < -0.4 is 0 Å². The van der Waals surface area contributed by atoms with Crippen molar-refractivity contribution in [1.82, 2.24) is 4.90 Å². The molecule has 0 spiro atoms. The van der Waals surface area contributed by atoms with Gasteiger partial charge in [-0.05, 0) is 36.6 Å². The first-order chi connectivity index (χ1) is 9.11. The third-order valence-electron chi connectivity index (χ3n) is 2.81. The van der Waals surface area contributed by atoms with Gasteiger partial charge in [-0.1, -0.05) is 6.07 Å². The summed E-state index contributed by atoms with van der Waals surface area (Å²) in [7, 11) is 0. The minimum Gasteiger partial charge on any atom is -0.508 e. The van der Waals surface area contributed by atoms with E-state index in [1.165, 1.54) is 18.2 Å². The zero-order chi connectivity index (χ0) is 13.8. The van der Waals surface area contributed by atoms with Crippen LogP contribution in [0.15, 0.2) is 35.7 Å². The highest BCUT2D eigenvalue weighted by atomic mass is 32.1. The van der Waals surface area contributed by atoms with Gasteiger partial charge in [0.2, 0.25) is 0 Å². The van der Waals surface area contributed by atoms with Gasteiger partial charge >= 0.3 is 0 Å². The summed E-state index contributed by atoms with van der Waals surface area (Å²) >= 11 is 1.58. The highest BCUT2D eigenvalue weighted by molar-refractivity contribution is 7.09. The third kappa shape index (κ3) is 3.06. The van der Waals surface area contributed by atoms with Crippen LogP contribution in [0.3, 0.4) is 0 Å². The summed E-state index contributed by atoms with van der Waals surface area (Å²) in [5, 5.41) is 21.1. The Bertz CT molecular complexity index is 566. The normalized spacial score (nSPS) is 10.4. The van der Waals surface area contributed by atoms with Crippen molar-refractivity contribution in [1.29, 1.82) is 0 Å². The predicted octanol–water partition coefficient (Wildman–Crippen LogP) is 2.82. The Labute approximate surface area is 115 Å². The van der Waals surface area contributed by atoms with Crippen LogP contribution in [-0.4, -0.2) is 27.6 Å². The van der Waals surface area contributed by atoms with E-state index in [0.717, 1.165) is 4.88 Å². The Kier molecular flexibility index (Phi) is 4.06. The molecule has 0 fully saturated rings. The average Bonchev–Trinajstić information content (AvgIpc) is 2.91. The number of benzene rings is 1. The number of thiophene rings is 1. The lowest BCUT2D eigenvalue weighted by Gasteiger charge is -2.20. The molecule has 0 unspecified atom stereocenters. The van der Waals surface area contributed by atoms with E-state index in [9.17, 15) is 15.0 Å². The largest absolute Gasteiger partial charge is 0.508 e. The zero-order valence-corrected chi connectivity index (χ0v) is 11.4. The summed E-state index contributed by atoms with van der Waals surface area (Å²) in [5.41, 5.74) is 0.124. The Morgan fingerprint density at radius 2 is 2.11 bits per heavy atom. The predicted molar refractivity (Wildman–Crippen MR) is 74.5 cm³/mol. The molecule has 2 aromatic rings. The lowest BCUT2D eigenvalue weighted by Crippen LogP contribution is -2.30. The molecule has 1 aromatic carbocycles. The third-order valence-corrected chi connectivity index (χ3v) is 3.67. The van der Waals surface area contributed by atoms with Crippen LogP contribution in [-0.2, 0) is 6.54 Å². The van der Waals surface area contributed by atoms with Gasteiger partial charge in [0, 0.05) is 11.4 Å². The molecule has 1 aromatic heterocycles. The highest BCUT2D eigenvalue weighted by Gasteiger charge is 2.18. The van der Waals surface area contributed by atoms with Crippen molar-refractivity contribution in [3.8, 4) is 11.5 Å². The number of nitrogens with zero attached hydrogens (tertiary/aromatic N) is 1. The van der Waals surface area contributed by atoms with E-state index in [1.54, 1.807) is 16.2 Å². The summed E-state index contributed by atoms with van der Waals surface area (Å²) in [5.74, 6) is -0.440. The molecule has 19 heavy (non-hydrogen) atoms. The van der Waals surface area contributed by atoms with Crippen molar-refractivity contribution in [2.45, 2.75) is 13.5 Å². The van der Waals surface area contributed by atoms with Gasteiger partial charge in [-0.3, -0.25) is 4.79 Å². The quantitative estimate of drug-likeness (QED) is 0.845. The van der Waals surface area contributed by atoms with Crippen molar-refractivity contribution in [2.75, 3.05) is 6.54 Å².